The van der Waals surface area contributed by atoms with Crippen molar-refractivity contribution in [2.45, 2.75) is 25.3 Å². The average Bonchev–Trinajstić information content (AvgIpc) is 3.25. The summed E-state index contributed by atoms with van der Waals surface area (Å²) < 4.78 is 40.0. The van der Waals surface area contributed by atoms with Crippen LogP contribution < -0.4 is 4.80 Å². The highest BCUT2D eigenvalue weighted by Gasteiger charge is 2.30. The molecule has 1 fully saturated rings. The monoisotopic (exact) mass is 560 g/mol. The lowest BCUT2D eigenvalue weighted by molar-refractivity contribution is -0.143. The van der Waals surface area contributed by atoms with Crippen molar-refractivity contribution < 1.29 is 32.3 Å². The molecule has 0 radical (unpaired) electrons. The Morgan fingerprint density at radius 1 is 0.921 bits per heavy atom. The zero-order chi connectivity index (χ0) is 27.3. The fourth-order valence-corrected chi connectivity index (χ4v) is 6.44. The van der Waals surface area contributed by atoms with Crippen LogP contribution >= 0.6 is 11.3 Å². The minimum Gasteiger partial charge on any atom is -0.465 e. The van der Waals surface area contributed by atoms with Crippen LogP contribution in [0.4, 0.5) is 4.79 Å². The highest BCUT2D eigenvalue weighted by molar-refractivity contribution is 7.89. The molecule has 1 aromatic heterocycles. The summed E-state index contributed by atoms with van der Waals surface area (Å²) in [5, 5.41) is 0. The Balaban J connectivity index is 1.53. The van der Waals surface area contributed by atoms with E-state index >= 15 is 0 Å². The maximum atomic E-state index is 13.1. The van der Waals surface area contributed by atoms with Gasteiger partial charge in [0.2, 0.25) is 10.0 Å². The van der Waals surface area contributed by atoms with Crippen LogP contribution in [0.25, 0.3) is 10.2 Å². The quantitative estimate of drug-likeness (QED) is 0.406. The largest absolute Gasteiger partial charge is 0.465 e. The topological polar surface area (TPSA) is 128 Å². The number of carbonyl (C=O) groups excluding carboxylic acids is 3. The molecule has 0 bridgehead atoms. The van der Waals surface area contributed by atoms with E-state index in [-0.39, 0.29) is 56.4 Å². The number of piperazine rings is 1. The first-order chi connectivity index (χ1) is 18.2. The van der Waals surface area contributed by atoms with E-state index < -0.39 is 28.0 Å². The summed E-state index contributed by atoms with van der Waals surface area (Å²) >= 11 is 1.27. The van der Waals surface area contributed by atoms with E-state index in [9.17, 15) is 22.8 Å². The summed E-state index contributed by atoms with van der Waals surface area (Å²) in [4.78, 5) is 43.1. The second kappa shape index (κ2) is 11.9. The Hall–Kier alpha value is -3.55. The molecule has 1 aliphatic heterocycles. The molecule has 2 heterocycles. The number of thiazole rings is 1. The predicted octanol–water partition coefficient (Wildman–Crippen LogP) is 2.47. The van der Waals surface area contributed by atoms with Gasteiger partial charge in [0.15, 0.2) is 4.80 Å². The summed E-state index contributed by atoms with van der Waals surface area (Å²) in [6, 6.07) is 13.0. The average molecular weight is 561 g/mol. The number of benzene rings is 2. The third-order valence-electron chi connectivity index (χ3n) is 5.88. The first-order valence-corrected chi connectivity index (χ1v) is 14.3. The van der Waals surface area contributed by atoms with Gasteiger partial charge in [-0.1, -0.05) is 23.5 Å². The number of carbonyl (C=O) groups is 3. The number of para-hydroxylation sites is 1. The minimum absolute atomic E-state index is 0.0397. The number of ether oxygens (including phenoxy) is 2. The number of amides is 2. The summed E-state index contributed by atoms with van der Waals surface area (Å²) in [5.74, 6) is -1.01. The maximum Gasteiger partial charge on any atom is 0.409 e. The molecule has 11 nitrogen and oxygen atoms in total. The third kappa shape index (κ3) is 5.95. The zero-order valence-electron chi connectivity index (χ0n) is 21.0. The molecule has 13 heteroatoms. The molecule has 4 rings (SSSR count). The zero-order valence-corrected chi connectivity index (χ0v) is 22.7. The van der Waals surface area contributed by atoms with Crippen LogP contribution in [-0.4, -0.2) is 79.6 Å². The summed E-state index contributed by atoms with van der Waals surface area (Å²) in [7, 11) is -3.81. The SMILES string of the molecule is CCOC(=O)Cn1c(=NC(=O)c2ccc(S(=O)(=O)N3CCN(C(=O)OCC)CC3)cc2)sc2ccccc21. The molecule has 1 aliphatic rings. The highest BCUT2D eigenvalue weighted by Crippen LogP contribution is 2.20. The number of hydrogen-bond acceptors (Lipinski definition) is 8. The van der Waals surface area contributed by atoms with Gasteiger partial charge in [0.05, 0.1) is 28.3 Å². The highest BCUT2D eigenvalue weighted by atomic mass is 32.2. The van der Waals surface area contributed by atoms with Crippen LogP contribution in [0.3, 0.4) is 0 Å². The molecule has 2 aromatic carbocycles. The number of rotatable bonds is 7. The van der Waals surface area contributed by atoms with Gasteiger partial charge in [0.25, 0.3) is 5.91 Å². The predicted molar refractivity (Wildman–Crippen MR) is 140 cm³/mol. The van der Waals surface area contributed by atoms with Crippen LogP contribution in [0.1, 0.15) is 24.2 Å². The number of fused-ring (bicyclic) bond motifs is 1. The Labute approximate surface area is 224 Å². The van der Waals surface area contributed by atoms with Crippen LogP contribution in [0.5, 0.6) is 0 Å². The fourth-order valence-electron chi connectivity index (χ4n) is 3.99. The Morgan fingerprint density at radius 2 is 1.58 bits per heavy atom. The van der Waals surface area contributed by atoms with Crippen molar-refractivity contribution in [1.82, 2.24) is 13.8 Å². The molecule has 0 aliphatic carbocycles. The van der Waals surface area contributed by atoms with Crippen molar-refractivity contribution in [2.24, 2.45) is 4.99 Å². The number of esters is 1. The summed E-state index contributed by atoms with van der Waals surface area (Å²) in [5.41, 5.74) is 0.956. The minimum atomic E-state index is -3.81. The third-order valence-corrected chi connectivity index (χ3v) is 8.85. The Bertz CT molecular complexity index is 1500. The fraction of sp³-hybridized carbons (Fsp3) is 0.360. The number of sulfonamides is 1. The van der Waals surface area contributed by atoms with Crippen molar-refractivity contribution in [3.63, 3.8) is 0 Å². The van der Waals surface area contributed by atoms with Crippen molar-refractivity contribution in [3.8, 4) is 0 Å². The van der Waals surface area contributed by atoms with E-state index in [4.69, 9.17) is 9.47 Å². The van der Waals surface area contributed by atoms with Gasteiger partial charge in [-0.25, -0.2) is 13.2 Å². The van der Waals surface area contributed by atoms with Gasteiger partial charge in [-0.15, -0.1) is 0 Å². The number of aromatic nitrogens is 1. The molecule has 0 saturated carbocycles. The molecule has 2 amide bonds. The van der Waals surface area contributed by atoms with E-state index in [1.165, 1.54) is 44.8 Å². The molecular formula is C25H28N4O7S2. The van der Waals surface area contributed by atoms with Gasteiger partial charge in [-0.2, -0.15) is 9.30 Å². The van der Waals surface area contributed by atoms with Gasteiger partial charge >= 0.3 is 12.1 Å². The molecular weight excluding hydrogens is 532 g/mol. The van der Waals surface area contributed by atoms with E-state index in [2.05, 4.69) is 4.99 Å². The number of hydrogen-bond donors (Lipinski definition) is 0. The van der Waals surface area contributed by atoms with E-state index in [0.29, 0.717) is 4.80 Å². The maximum absolute atomic E-state index is 13.1. The molecule has 3 aromatic rings. The standard InChI is InChI=1S/C25H28N4O7S2/c1-3-35-22(30)17-29-20-7-5-6-8-21(20)37-24(29)26-23(31)18-9-11-19(12-10-18)38(33,34)28-15-13-27(14-16-28)25(32)36-4-2/h5-12H,3-4,13-17H2,1-2H3. The second-order valence-corrected chi connectivity index (χ2v) is 11.2. The smallest absolute Gasteiger partial charge is 0.409 e. The first kappa shape index (κ1) is 27.5. The van der Waals surface area contributed by atoms with Gasteiger partial charge in [-0.3, -0.25) is 9.59 Å². The van der Waals surface area contributed by atoms with Gasteiger partial charge in [-0.05, 0) is 50.2 Å². The lowest BCUT2D eigenvalue weighted by Crippen LogP contribution is -2.50. The van der Waals surface area contributed by atoms with Crippen molar-refractivity contribution in [2.75, 3.05) is 39.4 Å². The normalized spacial score (nSPS) is 15.0. The molecule has 0 unspecified atom stereocenters. The van der Waals surface area contributed by atoms with Crippen molar-refractivity contribution >= 4 is 49.5 Å². The molecule has 0 atom stereocenters. The molecule has 0 spiro atoms. The molecule has 1 saturated heterocycles. The second-order valence-electron chi connectivity index (χ2n) is 8.27. The van der Waals surface area contributed by atoms with Gasteiger partial charge in [0, 0.05) is 31.7 Å². The summed E-state index contributed by atoms with van der Waals surface area (Å²) in [6.45, 7) is 4.58. The van der Waals surface area contributed by atoms with E-state index in [1.807, 2.05) is 24.3 Å². The van der Waals surface area contributed by atoms with Crippen molar-refractivity contribution in [3.05, 3.63) is 58.9 Å². The van der Waals surface area contributed by atoms with Crippen LogP contribution in [-0.2, 0) is 30.8 Å². The van der Waals surface area contributed by atoms with Gasteiger partial charge < -0.3 is 18.9 Å². The molecule has 0 N–H and O–H groups in total. The van der Waals surface area contributed by atoms with Crippen LogP contribution in [0, 0.1) is 0 Å². The number of nitrogens with zero attached hydrogens (tertiary/aromatic N) is 4. The van der Waals surface area contributed by atoms with Crippen LogP contribution in [0.15, 0.2) is 58.4 Å². The Kier molecular flexibility index (Phi) is 8.59. The van der Waals surface area contributed by atoms with Crippen LogP contribution in [0.2, 0.25) is 0 Å². The van der Waals surface area contributed by atoms with E-state index in [1.54, 1.807) is 18.4 Å². The Morgan fingerprint density at radius 3 is 2.24 bits per heavy atom. The lowest BCUT2D eigenvalue weighted by Gasteiger charge is -2.33. The summed E-state index contributed by atoms with van der Waals surface area (Å²) in [6.07, 6.45) is -0.460. The van der Waals surface area contributed by atoms with Gasteiger partial charge in [0.1, 0.15) is 6.54 Å². The molecule has 38 heavy (non-hydrogen) atoms. The molecule has 202 valence electrons. The van der Waals surface area contributed by atoms with Crippen molar-refractivity contribution in [1.29, 1.82) is 0 Å². The lowest BCUT2D eigenvalue weighted by atomic mass is 10.2. The van der Waals surface area contributed by atoms with E-state index in [0.717, 1.165) is 10.2 Å². The first-order valence-electron chi connectivity index (χ1n) is 12.1.